The molecule has 1 aromatic carbocycles. The van der Waals surface area contributed by atoms with Crippen molar-refractivity contribution < 1.29 is 13.7 Å². The Morgan fingerprint density at radius 1 is 1.17 bits per heavy atom. The standard InChI is InChI=1S/C13H21NO3S/c1-16-8-4-10-18(15)11-5-9-17-13-7-3-2-6-12(13)14/h2-3,6-7H,4-5,8-11,14H2,1H3. The summed E-state index contributed by atoms with van der Waals surface area (Å²) in [5, 5.41) is 0. The lowest BCUT2D eigenvalue weighted by molar-refractivity contribution is 0.200. The minimum atomic E-state index is -0.776. The first-order chi connectivity index (χ1) is 8.74. The van der Waals surface area contributed by atoms with Gasteiger partial charge in [-0.1, -0.05) is 12.1 Å². The number of nitrogen functional groups attached to an aromatic ring is 1. The number of para-hydroxylation sites is 2. The van der Waals surface area contributed by atoms with Crippen LogP contribution in [0.5, 0.6) is 5.75 Å². The smallest absolute Gasteiger partial charge is 0.142 e. The van der Waals surface area contributed by atoms with Gasteiger partial charge in [0.1, 0.15) is 5.75 Å². The molecule has 0 bridgehead atoms. The average Bonchev–Trinajstić information content (AvgIpc) is 2.37. The molecular weight excluding hydrogens is 250 g/mol. The van der Waals surface area contributed by atoms with E-state index in [0.717, 1.165) is 12.8 Å². The van der Waals surface area contributed by atoms with Gasteiger partial charge >= 0.3 is 0 Å². The molecule has 1 aromatic rings. The topological polar surface area (TPSA) is 61.5 Å². The van der Waals surface area contributed by atoms with Crippen LogP contribution in [0.25, 0.3) is 0 Å². The van der Waals surface area contributed by atoms with Crippen LogP contribution < -0.4 is 10.5 Å². The van der Waals surface area contributed by atoms with Gasteiger partial charge in [0.2, 0.25) is 0 Å². The van der Waals surface area contributed by atoms with Crippen LogP contribution >= 0.6 is 0 Å². The highest BCUT2D eigenvalue weighted by molar-refractivity contribution is 7.84. The SMILES string of the molecule is COCCCS(=O)CCCOc1ccccc1N. The predicted octanol–water partition coefficient (Wildman–Crippen LogP) is 1.82. The highest BCUT2D eigenvalue weighted by atomic mass is 32.2. The third-order valence-electron chi connectivity index (χ3n) is 2.41. The molecule has 0 aromatic heterocycles. The molecule has 5 heteroatoms. The van der Waals surface area contributed by atoms with Crippen LogP contribution in [-0.4, -0.2) is 36.0 Å². The van der Waals surface area contributed by atoms with Gasteiger partial charge in [0.15, 0.2) is 0 Å². The molecule has 0 fully saturated rings. The number of hydrogen-bond donors (Lipinski definition) is 1. The van der Waals surface area contributed by atoms with Crippen molar-refractivity contribution in [2.24, 2.45) is 0 Å². The van der Waals surface area contributed by atoms with Crippen LogP contribution in [0.4, 0.5) is 5.69 Å². The summed E-state index contributed by atoms with van der Waals surface area (Å²) in [6.07, 6.45) is 1.61. The first-order valence-electron chi connectivity index (χ1n) is 6.05. The Hall–Kier alpha value is -1.07. The van der Waals surface area contributed by atoms with Crippen LogP contribution in [-0.2, 0) is 15.5 Å². The van der Waals surface area contributed by atoms with Crippen LogP contribution in [0.3, 0.4) is 0 Å². The number of hydrogen-bond acceptors (Lipinski definition) is 4. The summed E-state index contributed by atoms with van der Waals surface area (Å²) in [4.78, 5) is 0. The molecule has 1 atom stereocenters. The Morgan fingerprint density at radius 2 is 1.83 bits per heavy atom. The van der Waals surface area contributed by atoms with Gasteiger partial charge in [-0.05, 0) is 25.0 Å². The van der Waals surface area contributed by atoms with E-state index in [1.807, 2.05) is 18.2 Å². The molecule has 4 nitrogen and oxygen atoms in total. The molecule has 0 aliphatic heterocycles. The molecule has 0 saturated carbocycles. The minimum Gasteiger partial charge on any atom is -0.491 e. The molecule has 1 unspecified atom stereocenters. The molecule has 0 aliphatic carbocycles. The van der Waals surface area contributed by atoms with Crippen molar-refractivity contribution in [3.63, 3.8) is 0 Å². The second-order valence-corrected chi connectivity index (χ2v) is 5.63. The lowest BCUT2D eigenvalue weighted by atomic mass is 10.3. The largest absolute Gasteiger partial charge is 0.491 e. The zero-order chi connectivity index (χ0) is 13.2. The Bertz CT molecular complexity index is 371. The minimum absolute atomic E-state index is 0.546. The molecule has 0 spiro atoms. The molecular formula is C13H21NO3S. The van der Waals surface area contributed by atoms with Crippen molar-refractivity contribution in [3.05, 3.63) is 24.3 Å². The van der Waals surface area contributed by atoms with Crippen molar-refractivity contribution in [1.82, 2.24) is 0 Å². The molecule has 2 N–H and O–H groups in total. The summed E-state index contributed by atoms with van der Waals surface area (Å²) in [5.74, 6) is 2.06. The van der Waals surface area contributed by atoms with Crippen LogP contribution in [0.1, 0.15) is 12.8 Å². The summed E-state index contributed by atoms with van der Waals surface area (Å²) in [6.45, 7) is 1.22. The van der Waals surface area contributed by atoms with Crippen molar-refractivity contribution >= 4 is 16.5 Å². The van der Waals surface area contributed by atoms with Gasteiger partial charge in [-0.15, -0.1) is 0 Å². The van der Waals surface area contributed by atoms with Gasteiger partial charge in [0.05, 0.1) is 12.3 Å². The third-order valence-corrected chi connectivity index (χ3v) is 3.90. The van der Waals surface area contributed by atoms with Gasteiger partial charge < -0.3 is 15.2 Å². The Kier molecular flexibility index (Phi) is 7.44. The van der Waals surface area contributed by atoms with E-state index >= 15 is 0 Å². The van der Waals surface area contributed by atoms with Gasteiger partial charge in [-0.2, -0.15) is 0 Å². The molecule has 1 rings (SSSR count). The molecule has 18 heavy (non-hydrogen) atoms. The van der Waals surface area contributed by atoms with E-state index in [-0.39, 0.29) is 0 Å². The first-order valence-corrected chi connectivity index (χ1v) is 7.54. The maximum atomic E-state index is 11.6. The zero-order valence-electron chi connectivity index (χ0n) is 10.8. The predicted molar refractivity (Wildman–Crippen MR) is 75.3 cm³/mol. The summed E-state index contributed by atoms with van der Waals surface area (Å²) < 4.78 is 22.0. The zero-order valence-corrected chi connectivity index (χ0v) is 11.6. The summed E-state index contributed by atoms with van der Waals surface area (Å²) >= 11 is 0. The second-order valence-electron chi connectivity index (χ2n) is 3.93. The van der Waals surface area contributed by atoms with E-state index in [4.69, 9.17) is 15.2 Å². The molecule has 0 amide bonds. The monoisotopic (exact) mass is 271 g/mol. The van der Waals surface area contributed by atoms with Crippen molar-refractivity contribution in [2.45, 2.75) is 12.8 Å². The van der Waals surface area contributed by atoms with E-state index in [1.54, 1.807) is 13.2 Å². The van der Waals surface area contributed by atoms with Crippen molar-refractivity contribution in [3.8, 4) is 5.75 Å². The van der Waals surface area contributed by atoms with Crippen LogP contribution in [0.2, 0.25) is 0 Å². The second kappa shape index (κ2) is 8.94. The van der Waals surface area contributed by atoms with Crippen LogP contribution in [0, 0.1) is 0 Å². The normalized spacial score (nSPS) is 12.3. The maximum absolute atomic E-state index is 11.6. The Labute approximate surface area is 111 Å². The van der Waals surface area contributed by atoms with Crippen molar-refractivity contribution in [2.75, 3.05) is 37.6 Å². The summed E-state index contributed by atoms with van der Waals surface area (Å²) in [6, 6.07) is 7.39. The van der Waals surface area contributed by atoms with Gasteiger partial charge in [0, 0.05) is 36.0 Å². The fraction of sp³-hybridized carbons (Fsp3) is 0.538. The molecule has 0 heterocycles. The Morgan fingerprint density at radius 3 is 2.50 bits per heavy atom. The quantitative estimate of drug-likeness (QED) is 0.550. The molecule has 0 radical (unpaired) electrons. The molecule has 0 saturated heterocycles. The molecule has 0 aliphatic rings. The lowest BCUT2D eigenvalue weighted by Gasteiger charge is -2.08. The lowest BCUT2D eigenvalue weighted by Crippen LogP contribution is -2.09. The first kappa shape index (κ1) is 15.0. The fourth-order valence-electron chi connectivity index (χ4n) is 1.48. The number of anilines is 1. The van der Waals surface area contributed by atoms with Gasteiger partial charge in [-0.3, -0.25) is 4.21 Å². The highest BCUT2D eigenvalue weighted by Gasteiger charge is 2.01. The maximum Gasteiger partial charge on any atom is 0.142 e. The average molecular weight is 271 g/mol. The van der Waals surface area contributed by atoms with E-state index < -0.39 is 10.8 Å². The number of rotatable bonds is 9. The van der Waals surface area contributed by atoms with E-state index in [1.165, 1.54) is 0 Å². The number of benzene rings is 1. The number of methoxy groups -OCH3 is 1. The van der Waals surface area contributed by atoms with Gasteiger partial charge in [0.25, 0.3) is 0 Å². The number of ether oxygens (including phenoxy) is 2. The fourth-order valence-corrected chi connectivity index (χ4v) is 2.56. The van der Waals surface area contributed by atoms with E-state index in [9.17, 15) is 4.21 Å². The van der Waals surface area contributed by atoms with E-state index in [2.05, 4.69) is 0 Å². The summed E-state index contributed by atoms with van der Waals surface area (Å²) in [5.41, 5.74) is 6.38. The Balaban J connectivity index is 2.12. The van der Waals surface area contributed by atoms with E-state index in [0.29, 0.717) is 36.2 Å². The van der Waals surface area contributed by atoms with Crippen molar-refractivity contribution in [1.29, 1.82) is 0 Å². The molecule has 102 valence electrons. The van der Waals surface area contributed by atoms with Gasteiger partial charge in [-0.25, -0.2) is 0 Å². The highest BCUT2D eigenvalue weighted by Crippen LogP contribution is 2.19. The van der Waals surface area contributed by atoms with Crippen LogP contribution in [0.15, 0.2) is 24.3 Å². The third kappa shape index (κ3) is 6.02. The number of nitrogens with two attached hydrogens (primary N) is 1. The summed E-state index contributed by atoms with van der Waals surface area (Å²) in [7, 11) is 0.878.